The maximum Gasteiger partial charge on any atom is 0.259 e. The number of rotatable bonds is 3. The highest BCUT2D eigenvalue weighted by molar-refractivity contribution is 7.17. The van der Waals surface area contributed by atoms with Crippen molar-refractivity contribution in [3.63, 3.8) is 0 Å². The molecule has 1 heterocycles. The summed E-state index contributed by atoms with van der Waals surface area (Å²) in [5, 5.41) is 6.01. The zero-order valence-electron chi connectivity index (χ0n) is 11.4. The smallest absolute Gasteiger partial charge is 0.259 e. The number of thiophene rings is 1. The summed E-state index contributed by atoms with van der Waals surface area (Å²) in [6.07, 6.45) is 0. The molecule has 1 aromatic heterocycles. The van der Waals surface area contributed by atoms with Crippen molar-refractivity contribution in [1.82, 2.24) is 0 Å². The minimum atomic E-state index is -0.242. The van der Waals surface area contributed by atoms with Gasteiger partial charge in [0.25, 0.3) is 5.91 Å². The minimum absolute atomic E-state index is 0.242. The summed E-state index contributed by atoms with van der Waals surface area (Å²) in [7, 11) is 1.50. The van der Waals surface area contributed by atoms with E-state index >= 15 is 0 Å². The number of nitrogen functional groups attached to an aromatic ring is 1. The van der Waals surface area contributed by atoms with Gasteiger partial charge in [0.2, 0.25) is 0 Å². The van der Waals surface area contributed by atoms with E-state index in [4.69, 9.17) is 10.5 Å². The van der Waals surface area contributed by atoms with Gasteiger partial charge in [0, 0.05) is 10.4 Å². The number of hydrogen-bond donors (Lipinski definition) is 2. The van der Waals surface area contributed by atoms with Crippen LogP contribution in [0.5, 0.6) is 5.75 Å². The molecule has 0 atom stereocenters. The number of nitrogens with two attached hydrogens (primary N) is 1. The number of amides is 1. The Morgan fingerprint density at radius 1 is 1.24 bits per heavy atom. The Labute approximate surface area is 126 Å². The van der Waals surface area contributed by atoms with E-state index in [0.717, 1.165) is 11.1 Å². The van der Waals surface area contributed by atoms with Crippen LogP contribution in [0.25, 0.3) is 10.1 Å². The van der Waals surface area contributed by atoms with Crippen molar-refractivity contribution in [2.75, 3.05) is 18.2 Å². The van der Waals surface area contributed by atoms with Gasteiger partial charge in [0.15, 0.2) is 5.75 Å². The predicted octanol–water partition coefficient (Wildman–Crippen LogP) is 3.74. The van der Waals surface area contributed by atoms with E-state index in [-0.39, 0.29) is 5.91 Å². The number of carbonyl (C=O) groups is 1. The fourth-order valence-electron chi connectivity index (χ4n) is 2.20. The molecular formula is C16H14N2O2S. The van der Waals surface area contributed by atoms with Crippen LogP contribution in [0.1, 0.15) is 10.4 Å². The lowest BCUT2D eigenvalue weighted by molar-refractivity contribution is 0.102. The average Bonchev–Trinajstić information content (AvgIpc) is 2.94. The topological polar surface area (TPSA) is 64.3 Å². The Bertz CT molecular complexity index is 811. The summed E-state index contributed by atoms with van der Waals surface area (Å²) < 4.78 is 6.40. The third kappa shape index (κ3) is 2.55. The molecule has 0 fully saturated rings. The Morgan fingerprint density at radius 3 is 2.90 bits per heavy atom. The molecule has 2 aromatic carbocycles. The molecule has 0 bridgehead atoms. The van der Waals surface area contributed by atoms with Crippen LogP contribution in [0.15, 0.2) is 47.8 Å². The lowest BCUT2D eigenvalue weighted by Crippen LogP contribution is -2.13. The number of para-hydroxylation sites is 1. The van der Waals surface area contributed by atoms with Crippen LogP contribution in [0, 0.1) is 0 Å². The maximum atomic E-state index is 12.4. The molecule has 3 N–H and O–H groups in total. The number of ether oxygens (including phenoxy) is 1. The Kier molecular flexibility index (Phi) is 3.50. The molecule has 3 rings (SSSR count). The highest BCUT2D eigenvalue weighted by Crippen LogP contribution is 2.28. The first-order valence-electron chi connectivity index (χ1n) is 6.40. The van der Waals surface area contributed by atoms with Crippen molar-refractivity contribution in [2.45, 2.75) is 0 Å². The number of hydrogen-bond acceptors (Lipinski definition) is 4. The molecule has 1 amide bonds. The van der Waals surface area contributed by atoms with Crippen molar-refractivity contribution >= 4 is 38.7 Å². The molecule has 0 aliphatic rings. The first kappa shape index (κ1) is 13.5. The Balaban J connectivity index is 1.90. The summed E-state index contributed by atoms with van der Waals surface area (Å²) in [6.45, 7) is 0. The number of fused-ring (bicyclic) bond motifs is 1. The molecule has 0 aliphatic heterocycles. The van der Waals surface area contributed by atoms with E-state index in [1.165, 1.54) is 11.8 Å². The first-order valence-corrected chi connectivity index (χ1v) is 7.28. The molecule has 0 saturated heterocycles. The van der Waals surface area contributed by atoms with E-state index in [9.17, 15) is 4.79 Å². The molecule has 0 unspecified atom stereocenters. The predicted molar refractivity (Wildman–Crippen MR) is 87.2 cm³/mol. The van der Waals surface area contributed by atoms with Gasteiger partial charge in [-0.25, -0.2) is 0 Å². The van der Waals surface area contributed by atoms with Gasteiger partial charge in [0.1, 0.15) is 0 Å². The van der Waals surface area contributed by atoms with Gasteiger partial charge in [-0.2, -0.15) is 0 Å². The summed E-state index contributed by atoms with van der Waals surface area (Å²) in [5.41, 5.74) is 7.43. The van der Waals surface area contributed by atoms with Gasteiger partial charge in [-0.15, -0.1) is 11.3 Å². The molecule has 0 spiro atoms. The monoisotopic (exact) mass is 298 g/mol. The average molecular weight is 298 g/mol. The fraction of sp³-hybridized carbons (Fsp3) is 0.0625. The van der Waals surface area contributed by atoms with Crippen molar-refractivity contribution < 1.29 is 9.53 Å². The molecular weight excluding hydrogens is 284 g/mol. The van der Waals surface area contributed by atoms with Crippen LogP contribution >= 0.6 is 11.3 Å². The molecule has 5 heteroatoms. The highest BCUT2D eigenvalue weighted by atomic mass is 32.1. The van der Waals surface area contributed by atoms with Gasteiger partial charge in [0.05, 0.1) is 18.4 Å². The Hall–Kier alpha value is -2.53. The van der Waals surface area contributed by atoms with Crippen molar-refractivity contribution in [2.24, 2.45) is 0 Å². The number of carbonyl (C=O) groups excluding carboxylic acids is 1. The van der Waals surface area contributed by atoms with Crippen LogP contribution < -0.4 is 15.8 Å². The third-order valence-corrected chi connectivity index (χ3v) is 4.10. The fourth-order valence-corrected chi connectivity index (χ4v) is 2.98. The van der Waals surface area contributed by atoms with E-state index in [1.54, 1.807) is 29.5 Å². The van der Waals surface area contributed by atoms with Crippen LogP contribution in [-0.2, 0) is 0 Å². The highest BCUT2D eigenvalue weighted by Gasteiger charge is 2.14. The van der Waals surface area contributed by atoms with Crippen molar-refractivity contribution in [3.05, 3.63) is 53.4 Å². The van der Waals surface area contributed by atoms with Crippen LogP contribution in [0.2, 0.25) is 0 Å². The molecule has 0 radical (unpaired) electrons. The summed E-state index contributed by atoms with van der Waals surface area (Å²) in [4.78, 5) is 12.4. The lowest BCUT2D eigenvalue weighted by atomic mass is 10.1. The molecule has 4 nitrogen and oxygen atoms in total. The largest absolute Gasteiger partial charge is 0.494 e. The number of anilines is 2. The standard InChI is InChI=1S/C16H14N2O2S/c1-20-15-12(3-2-4-13(15)17)16(19)18-11-5-6-14-10(9-11)7-8-21-14/h2-9H,17H2,1H3,(H,18,19). The molecule has 0 saturated carbocycles. The second kappa shape index (κ2) is 5.46. The lowest BCUT2D eigenvalue weighted by Gasteiger charge is -2.11. The van der Waals surface area contributed by atoms with Crippen LogP contribution in [0.4, 0.5) is 11.4 Å². The second-order valence-corrected chi connectivity index (χ2v) is 5.50. The zero-order valence-corrected chi connectivity index (χ0v) is 12.2. The SMILES string of the molecule is COc1c(N)cccc1C(=O)Nc1ccc2sccc2c1. The quantitative estimate of drug-likeness (QED) is 0.724. The van der Waals surface area contributed by atoms with Gasteiger partial charge in [-0.3, -0.25) is 4.79 Å². The van der Waals surface area contributed by atoms with Crippen molar-refractivity contribution in [3.8, 4) is 5.75 Å². The van der Waals surface area contributed by atoms with E-state index in [1.807, 2.05) is 29.6 Å². The normalized spacial score (nSPS) is 10.5. The zero-order chi connectivity index (χ0) is 14.8. The minimum Gasteiger partial charge on any atom is -0.494 e. The van der Waals surface area contributed by atoms with E-state index in [0.29, 0.717) is 17.0 Å². The molecule has 3 aromatic rings. The second-order valence-electron chi connectivity index (χ2n) is 4.56. The van der Waals surface area contributed by atoms with Crippen molar-refractivity contribution in [1.29, 1.82) is 0 Å². The van der Waals surface area contributed by atoms with Crippen LogP contribution in [0.3, 0.4) is 0 Å². The van der Waals surface area contributed by atoms with Gasteiger partial charge >= 0.3 is 0 Å². The number of nitrogens with one attached hydrogen (secondary N) is 1. The van der Waals surface area contributed by atoms with Gasteiger partial charge in [-0.1, -0.05) is 6.07 Å². The molecule has 0 aliphatic carbocycles. The van der Waals surface area contributed by atoms with E-state index in [2.05, 4.69) is 5.32 Å². The number of benzene rings is 2. The first-order chi connectivity index (χ1) is 10.2. The van der Waals surface area contributed by atoms with Gasteiger partial charge < -0.3 is 15.8 Å². The summed E-state index contributed by atoms with van der Waals surface area (Å²) in [5.74, 6) is 0.153. The molecule has 21 heavy (non-hydrogen) atoms. The number of methoxy groups -OCH3 is 1. The van der Waals surface area contributed by atoms with Gasteiger partial charge in [-0.05, 0) is 47.2 Å². The van der Waals surface area contributed by atoms with Crippen LogP contribution in [-0.4, -0.2) is 13.0 Å². The Morgan fingerprint density at radius 2 is 2.10 bits per heavy atom. The van der Waals surface area contributed by atoms with E-state index < -0.39 is 0 Å². The summed E-state index contributed by atoms with van der Waals surface area (Å²) >= 11 is 1.67. The summed E-state index contributed by atoms with van der Waals surface area (Å²) in [6, 6.07) is 13.0. The third-order valence-electron chi connectivity index (χ3n) is 3.20. The molecule has 106 valence electrons. The maximum absolute atomic E-state index is 12.4.